The van der Waals surface area contributed by atoms with E-state index in [2.05, 4.69) is 26.0 Å². The highest BCUT2D eigenvalue weighted by atomic mass is 32.2. The molecule has 0 spiro atoms. The van der Waals surface area contributed by atoms with Crippen LogP contribution in [0.25, 0.3) is 0 Å². The van der Waals surface area contributed by atoms with Crippen molar-refractivity contribution < 1.29 is 9.32 Å². The predicted octanol–water partition coefficient (Wildman–Crippen LogP) is 2.14. The Bertz CT molecular complexity index is 607. The van der Waals surface area contributed by atoms with E-state index in [-0.39, 0.29) is 11.7 Å². The zero-order valence-corrected chi connectivity index (χ0v) is 12.4. The normalized spacial score (nSPS) is 14.2. The Labute approximate surface area is 123 Å². The van der Waals surface area contributed by atoms with Crippen LogP contribution in [-0.4, -0.2) is 33.1 Å². The van der Waals surface area contributed by atoms with Gasteiger partial charge < -0.3 is 15.2 Å². The van der Waals surface area contributed by atoms with Crippen molar-refractivity contribution in [1.82, 2.24) is 15.4 Å². The van der Waals surface area contributed by atoms with Crippen molar-refractivity contribution in [1.29, 1.82) is 0 Å². The maximum Gasteiger partial charge on any atom is 0.236 e. The van der Waals surface area contributed by atoms with Crippen molar-refractivity contribution in [2.75, 3.05) is 16.4 Å². The predicted molar refractivity (Wildman–Crippen MR) is 77.1 cm³/mol. The number of hydrogen-bond donors (Lipinski definition) is 2. The van der Waals surface area contributed by atoms with Crippen LogP contribution in [0.5, 0.6) is 0 Å². The zero-order valence-electron chi connectivity index (χ0n) is 10.8. The molecule has 1 aliphatic rings. The molecule has 0 unspecified atom stereocenters. The lowest BCUT2D eigenvalue weighted by molar-refractivity contribution is -0.113. The van der Waals surface area contributed by atoms with Crippen molar-refractivity contribution in [3.05, 3.63) is 11.8 Å². The molecule has 1 fully saturated rings. The number of aromatic nitrogens is 3. The topological polar surface area (TPSA) is 92.9 Å². The van der Waals surface area contributed by atoms with E-state index in [0.29, 0.717) is 17.6 Å². The van der Waals surface area contributed by atoms with Gasteiger partial charge in [-0.15, -0.1) is 10.2 Å². The molecule has 7 nitrogen and oxygen atoms in total. The first-order valence-corrected chi connectivity index (χ1v) is 7.95. The second kappa shape index (κ2) is 5.80. The molecule has 0 radical (unpaired) electrons. The number of carbonyl (C=O) groups excluding carboxylic acids is 1. The Morgan fingerprint density at radius 3 is 3.10 bits per heavy atom. The van der Waals surface area contributed by atoms with Gasteiger partial charge >= 0.3 is 0 Å². The first-order chi connectivity index (χ1) is 9.69. The summed E-state index contributed by atoms with van der Waals surface area (Å²) in [7, 11) is 0. The number of nitrogens with one attached hydrogen (secondary N) is 2. The third kappa shape index (κ3) is 3.70. The number of carbonyl (C=O) groups is 1. The number of amides is 1. The van der Waals surface area contributed by atoms with Crippen LogP contribution in [0.15, 0.2) is 14.9 Å². The summed E-state index contributed by atoms with van der Waals surface area (Å²) in [4.78, 5) is 11.7. The summed E-state index contributed by atoms with van der Waals surface area (Å²) in [5.74, 6) is 1.22. The van der Waals surface area contributed by atoms with Crippen LogP contribution in [-0.2, 0) is 4.79 Å². The molecule has 2 aromatic rings. The molecule has 106 valence electrons. The Kier molecular flexibility index (Phi) is 3.88. The molecule has 1 aliphatic carbocycles. The molecule has 2 aromatic heterocycles. The average molecular weight is 311 g/mol. The van der Waals surface area contributed by atoms with Gasteiger partial charge in [0.05, 0.1) is 5.75 Å². The lowest BCUT2D eigenvalue weighted by Gasteiger charge is -1.98. The van der Waals surface area contributed by atoms with E-state index in [4.69, 9.17) is 4.52 Å². The minimum atomic E-state index is -0.143. The van der Waals surface area contributed by atoms with E-state index in [9.17, 15) is 4.79 Å². The van der Waals surface area contributed by atoms with Gasteiger partial charge in [0.1, 0.15) is 5.76 Å². The monoisotopic (exact) mass is 311 g/mol. The number of thioether (sulfide) groups is 1. The molecule has 1 saturated carbocycles. The molecule has 0 aliphatic heterocycles. The summed E-state index contributed by atoms with van der Waals surface area (Å²) in [6.45, 7) is 1.77. The smallest absolute Gasteiger partial charge is 0.236 e. The Morgan fingerprint density at radius 2 is 2.40 bits per heavy atom. The molecule has 1 amide bonds. The molecule has 2 N–H and O–H groups in total. The van der Waals surface area contributed by atoms with Crippen LogP contribution in [0.3, 0.4) is 0 Å². The van der Waals surface area contributed by atoms with Crippen molar-refractivity contribution in [2.45, 2.75) is 30.1 Å². The van der Waals surface area contributed by atoms with Crippen molar-refractivity contribution in [3.8, 4) is 0 Å². The number of aryl methyl sites for hydroxylation is 1. The average Bonchev–Trinajstić information content (AvgIpc) is 2.95. The Morgan fingerprint density at radius 1 is 1.55 bits per heavy atom. The third-order valence-electron chi connectivity index (χ3n) is 2.53. The van der Waals surface area contributed by atoms with E-state index in [0.717, 1.165) is 9.47 Å². The van der Waals surface area contributed by atoms with E-state index < -0.39 is 0 Å². The van der Waals surface area contributed by atoms with Gasteiger partial charge in [-0.1, -0.05) is 28.3 Å². The van der Waals surface area contributed by atoms with Crippen molar-refractivity contribution >= 4 is 40.0 Å². The van der Waals surface area contributed by atoms with Gasteiger partial charge in [0.25, 0.3) is 0 Å². The number of hydrogen-bond acceptors (Lipinski definition) is 8. The molecule has 2 heterocycles. The zero-order chi connectivity index (χ0) is 13.9. The molecular weight excluding hydrogens is 298 g/mol. The summed E-state index contributed by atoms with van der Waals surface area (Å²) >= 11 is 2.83. The van der Waals surface area contributed by atoms with E-state index in [1.165, 1.54) is 35.9 Å². The molecule has 20 heavy (non-hydrogen) atoms. The molecule has 0 saturated heterocycles. The molecule has 3 rings (SSSR count). The lowest BCUT2D eigenvalue weighted by atomic mass is 10.5. The standard InChI is InChI=1S/C11H13N5O2S2/c1-6-4-8(16-18-6)13-9(17)5-19-11-15-14-10(20-11)12-7-2-3-7/h4,7H,2-3,5H2,1H3,(H,12,14)(H,13,16,17). The molecule has 9 heteroatoms. The lowest BCUT2D eigenvalue weighted by Crippen LogP contribution is -2.14. The van der Waals surface area contributed by atoms with Crippen LogP contribution in [0.2, 0.25) is 0 Å². The van der Waals surface area contributed by atoms with Crippen LogP contribution < -0.4 is 10.6 Å². The van der Waals surface area contributed by atoms with E-state index in [1.54, 1.807) is 13.0 Å². The Balaban J connectivity index is 1.45. The van der Waals surface area contributed by atoms with Gasteiger partial charge in [-0.2, -0.15) is 0 Å². The van der Waals surface area contributed by atoms with Gasteiger partial charge in [0.2, 0.25) is 11.0 Å². The maximum atomic E-state index is 11.7. The van der Waals surface area contributed by atoms with Gasteiger partial charge in [-0.25, -0.2) is 0 Å². The van der Waals surface area contributed by atoms with E-state index in [1.807, 2.05) is 0 Å². The Hall–Kier alpha value is -1.61. The van der Waals surface area contributed by atoms with Crippen LogP contribution in [0.1, 0.15) is 18.6 Å². The van der Waals surface area contributed by atoms with Crippen LogP contribution in [0.4, 0.5) is 10.9 Å². The van der Waals surface area contributed by atoms with Gasteiger partial charge in [-0.3, -0.25) is 4.79 Å². The van der Waals surface area contributed by atoms with E-state index >= 15 is 0 Å². The van der Waals surface area contributed by atoms with Crippen molar-refractivity contribution in [2.24, 2.45) is 0 Å². The van der Waals surface area contributed by atoms with Crippen LogP contribution >= 0.6 is 23.1 Å². The first kappa shape index (κ1) is 13.4. The fourth-order valence-corrected chi connectivity index (χ4v) is 3.09. The highest BCUT2D eigenvalue weighted by molar-refractivity contribution is 8.01. The summed E-state index contributed by atoms with van der Waals surface area (Å²) in [6.07, 6.45) is 2.39. The highest BCUT2D eigenvalue weighted by Gasteiger charge is 2.22. The number of rotatable bonds is 6. The van der Waals surface area contributed by atoms with Crippen LogP contribution in [0, 0.1) is 6.92 Å². The maximum absolute atomic E-state index is 11.7. The summed E-state index contributed by atoms with van der Waals surface area (Å²) in [5, 5.41) is 18.5. The van der Waals surface area contributed by atoms with Crippen molar-refractivity contribution in [3.63, 3.8) is 0 Å². The minimum Gasteiger partial charge on any atom is -0.360 e. The second-order valence-corrected chi connectivity index (χ2v) is 6.65. The molecule has 0 aromatic carbocycles. The highest BCUT2D eigenvalue weighted by Crippen LogP contribution is 2.30. The number of nitrogens with zero attached hydrogens (tertiary/aromatic N) is 3. The molecular formula is C11H13N5O2S2. The minimum absolute atomic E-state index is 0.143. The summed E-state index contributed by atoms with van der Waals surface area (Å²) < 4.78 is 5.65. The fourth-order valence-electron chi connectivity index (χ4n) is 1.46. The van der Waals surface area contributed by atoms with Gasteiger partial charge in [0, 0.05) is 12.1 Å². The summed E-state index contributed by atoms with van der Waals surface area (Å²) in [5.41, 5.74) is 0. The molecule has 0 atom stereocenters. The number of anilines is 2. The SMILES string of the molecule is Cc1cc(NC(=O)CSc2nnc(NC3CC3)s2)no1. The van der Waals surface area contributed by atoms with Gasteiger partial charge in [0.15, 0.2) is 10.2 Å². The quantitative estimate of drug-likeness (QED) is 0.789. The molecule has 0 bridgehead atoms. The first-order valence-electron chi connectivity index (χ1n) is 6.15. The second-order valence-electron chi connectivity index (χ2n) is 4.45. The summed E-state index contributed by atoms with van der Waals surface area (Å²) in [6, 6.07) is 2.23. The fraction of sp³-hybridized carbons (Fsp3) is 0.455. The third-order valence-corrected chi connectivity index (χ3v) is 4.52. The van der Waals surface area contributed by atoms with Gasteiger partial charge in [-0.05, 0) is 19.8 Å². The largest absolute Gasteiger partial charge is 0.360 e.